The van der Waals surface area contributed by atoms with Crippen LogP contribution in [0.15, 0.2) is 34.8 Å². The lowest BCUT2D eigenvalue weighted by atomic mass is 10.2. The van der Waals surface area contributed by atoms with Crippen LogP contribution in [-0.4, -0.2) is 5.91 Å². The molecule has 94 valence electrons. The van der Waals surface area contributed by atoms with Crippen LogP contribution in [0.2, 0.25) is 5.02 Å². The van der Waals surface area contributed by atoms with Gasteiger partial charge in [-0.3, -0.25) is 4.79 Å². The molecule has 0 saturated carbocycles. The largest absolute Gasteiger partial charge is 0.347 e. The molecule has 0 aliphatic carbocycles. The Kier molecular flexibility index (Phi) is 4.43. The zero-order chi connectivity index (χ0) is 13.1. The number of thiophene rings is 1. The minimum absolute atomic E-state index is 0.0987. The Bertz CT molecular complexity index is 582. The fraction of sp³-hybridized carbons (Fsp3) is 0.154. The Balaban J connectivity index is 2.01. The van der Waals surface area contributed by atoms with Gasteiger partial charge in [0.15, 0.2) is 0 Å². The van der Waals surface area contributed by atoms with Crippen molar-refractivity contribution in [3.63, 3.8) is 0 Å². The van der Waals surface area contributed by atoms with Gasteiger partial charge >= 0.3 is 0 Å². The van der Waals surface area contributed by atoms with E-state index in [1.54, 1.807) is 29.5 Å². The number of benzene rings is 1. The van der Waals surface area contributed by atoms with Gasteiger partial charge in [-0.15, -0.1) is 11.3 Å². The molecule has 1 heterocycles. The SMILES string of the molecule is Cc1ccc(CNC(=O)c2ccc(Cl)c(Br)c2)s1. The molecule has 2 nitrogen and oxygen atoms in total. The van der Waals surface area contributed by atoms with Gasteiger partial charge in [-0.25, -0.2) is 0 Å². The summed E-state index contributed by atoms with van der Waals surface area (Å²) in [6.45, 7) is 2.60. The smallest absolute Gasteiger partial charge is 0.251 e. The Morgan fingerprint density at radius 3 is 2.78 bits per heavy atom. The van der Waals surface area contributed by atoms with Crippen LogP contribution in [0.3, 0.4) is 0 Å². The summed E-state index contributed by atoms with van der Waals surface area (Å²) in [5.41, 5.74) is 0.597. The lowest BCUT2D eigenvalue weighted by Crippen LogP contribution is -2.22. The van der Waals surface area contributed by atoms with Gasteiger partial charge in [0.05, 0.1) is 11.6 Å². The third-order valence-electron chi connectivity index (χ3n) is 2.40. The van der Waals surface area contributed by atoms with Gasteiger partial charge in [0.1, 0.15) is 0 Å². The van der Waals surface area contributed by atoms with Crippen LogP contribution in [0, 0.1) is 6.92 Å². The van der Waals surface area contributed by atoms with Gasteiger partial charge in [0.25, 0.3) is 5.91 Å². The minimum atomic E-state index is -0.0987. The normalized spacial score (nSPS) is 10.4. The van der Waals surface area contributed by atoms with Crippen LogP contribution in [0.4, 0.5) is 0 Å². The van der Waals surface area contributed by atoms with Crippen molar-refractivity contribution in [2.75, 3.05) is 0 Å². The maximum atomic E-state index is 11.9. The highest BCUT2D eigenvalue weighted by atomic mass is 79.9. The van der Waals surface area contributed by atoms with Gasteiger partial charge in [0.2, 0.25) is 0 Å². The molecule has 0 spiro atoms. The maximum absolute atomic E-state index is 11.9. The summed E-state index contributed by atoms with van der Waals surface area (Å²) in [7, 11) is 0. The summed E-state index contributed by atoms with van der Waals surface area (Å²) < 4.78 is 0.726. The zero-order valence-electron chi connectivity index (χ0n) is 9.67. The van der Waals surface area contributed by atoms with Crippen molar-refractivity contribution in [1.29, 1.82) is 0 Å². The number of nitrogens with one attached hydrogen (secondary N) is 1. The van der Waals surface area contributed by atoms with Crippen molar-refractivity contribution < 1.29 is 4.79 Å². The molecule has 0 radical (unpaired) electrons. The number of carbonyl (C=O) groups excluding carboxylic acids is 1. The number of rotatable bonds is 3. The van der Waals surface area contributed by atoms with Gasteiger partial charge in [-0.05, 0) is 53.2 Å². The topological polar surface area (TPSA) is 29.1 Å². The molecule has 0 aliphatic rings. The molecule has 0 unspecified atom stereocenters. The molecular formula is C13H11BrClNOS. The molecular weight excluding hydrogens is 334 g/mol. The quantitative estimate of drug-likeness (QED) is 0.878. The molecule has 0 atom stereocenters. The van der Waals surface area contributed by atoms with Crippen molar-refractivity contribution in [1.82, 2.24) is 5.32 Å². The Morgan fingerprint density at radius 2 is 2.17 bits per heavy atom. The van der Waals surface area contributed by atoms with Crippen molar-refractivity contribution in [3.8, 4) is 0 Å². The highest BCUT2D eigenvalue weighted by Crippen LogP contribution is 2.23. The number of halogens is 2. The molecule has 1 aromatic heterocycles. The Morgan fingerprint density at radius 1 is 1.39 bits per heavy atom. The van der Waals surface area contributed by atoms with Gasteiger partial charge in [-0.1, -0.05) is 11.6 Å². The van der Waals surface area contributed by atoms with E-state index < -0.39 is 0 Å². The van der Waals surface area contributed by atoms with E-state index in [4.69, 9.17) is 11.6 Å². The first-order valence-corrected chi connectivity index (χ1v) is 7.33. The summed E-state index contributed by atoms with van der Waals surface area (Å²) >= 11 is 10.9. The third kappa shape index (κ3) is 3.34. The molecule has 0 fully saturated rings. The number of hydrogen-bond acceptors (Lipinski definition) is 2. The molecule has 18 heavy (non-hydrogen) atoms. The summed E-state index contributed by atoms with van der Waals surface area (Å²) in [6, 6.07) is 9.21. The number of amides is 1. The fourth-order valence-electron chi connectivity index (χ4n) is 1.49. The van der Waals surface area contributed by atoms with E-state index in [2.05, 4.69) is 21.2 Å². The van der Waals surface area contributed by atoms with Crippen molar-refractivity contribution >= 4 is 44.8 Å². The van der Waals surface area contributed by atoms with E-state index in [1.165, 1.54) is 4.88 Å². The number of aryl methyl sites for hydroxylation is 1. The first-order valence-electron chi connectivity index (χ1n) is 5.35. The molecule has 0 saturated heterocycles. The second-order valence-corrected chi connectivity index (χ2v) is 6.46. The minimum Gasteiger partial charge on any atom is -0.347 e. The predicted octanol–water partition coefficient (Wildman–Crippen LogP) is 4.40. The van der Waals surface area contributed by atoms with Gasteiger partial charge < -0.3 is 5.32 Å². The second kappa shape index (κ2) is 5.87. The average Bonchev–Trinajstić information content (AvgIpc) is 2.75. The van der Waals surface area contributed by atoms with Gasteiger partial charge in [-0.2, -0.15) is 0 Å². The molecule has 0 aliphatic heterocycles. The van der Waals surface area contributed by atoms with Crippen LogP contribution in [0.5, 0.6) is 0 Å². The molecule has 2 rings (SSSR count). The standard InChI is InChI=1S/C13H11BrClNOS/c1-8-2-4-10(18-8)7-16-13(17)9-3-5-12(15)11(14)6-9/h2-6H,7H2,1H3,(H,16,17). The molecule has 1 N–H and O–H groups in total. The van der Waals surface area contributed by atoms with E-state index >= 15 is 0 Å². The summed E-state index contributed by atoms with van der Waals surface area (Å²) in [4.78, 5) is 14.3. The van der Waals surface area contributed by atoms with Crippen LogP contribution >= 0.6 is 38.9 Å². The first kappa shape index (κ1) is 13.6. The van der Waals surface area contributed by atoms with Crippen LogP contribution in [0.1, 0.15) is 20.1 Å². The maximum Gasteiger partial charge on any atom is 0.251 e. The Hall–Kier alpha value is -0.840. The predicted molar refractivity (Wildman–Crippen MR) is 79.4 cm³/mol. The molecule has 2 aromatic rings. The lowest BCUT2D eigenvalue weighted by molar-refractivity contribution is 0.0951. The monoisotopic (exact) mass is 343 g/mol. The van der Waals surface area contributed by atoms with Crippen LogP contribution in [-0.2, 0) is 6.54 Å². The summed E-state index contributed by atoms with van der Waals surface area (Å²) in [5, 5.41) is 3.48. The first-order chi connectivity index (χ1) is 8.56. The third-order valence-corrected chi connectivity index (χ3v) is 4.62. The van der Waals surface area contributed by atoms with E-state index in [0.717, 1.165) is 9.35 Å². The summed E-state index contributed by atoms with van der Waals surface area (Å²) in [6.07, 6.45) is 0. The van der Waals surface area contributed by atoms with E-state index in [9.17, 15) is 4.79 Å². The van der Waals surface area contributed by atoms with Crippen LogP contribution in [0.25, 0.3) is 0 Å². The highest BCUT2D eigenvalue weighted by molar-refractivity contribution is 9.10. The molecule has 5 heteroatoms. The zero-order valence-corrected chi connectivity index (χ0v) is 12.8. The molecule has 0 bridgehead atoms. The highest BCUT2D eigenvalue weighted by Gasteiger charge is 2.08. The van der Waals surface area contributed by atoms with E-state index in [0.29, 0.717) is 17.1 Å². The van der Waals surface area contributed by atoms with Crippen molar-refractivity contribution in [2.45, 2.75) is 13.5 Å². The molecule has 1 amide bonds. The van der Waals surface area contributed by atoms with Gasteiger partial charge in [0, 0.05) is 19.8 Å². The summed E-state index contributed by atoms with van der Waals surface area (Å²) in [5.74, 6) is -0.0987. The average molecular weight is 345 g/mol. The molecule has 1 aromatic carbocycles. The number of carbonyl (C=O) groups is 1. The van der Waals surface area contributed by atoms with Crippen molar-refractivity contribution in [3.05, 3.63) is 55.1 Å². The Labute approximate surface area is 123 Å². The number of hydrogen-bond donors (Lipinski definition) is 1. The fourth-order valence-corrected chi connectivity index (χ4v) is 2.81. The van der Waals surface area contributed by atoms with Crippen molar-refractivity contribution in [2.24, 2.45) is 0 Å². The second-order valence-electron chi connectivity index (χ2n) is 3.82. The van der Waals surface area contributed by atoms with E-state index in [1.807, 2.05) is 19.1 Å². The van der Waals surface area contributed by atoms with Crippen LogP contribution < -0.4 is 5.32 Å². The van der Waals surface area contributed by atoms with E-state index in [-0.39, 0.29) is 5.91 Å². The lowest BCUT2D eigenvalue weighted by Gasteiger charge is -2.05.